The number of fused-ring (bicyclic) bond motifs is 20. The third kappa shape index (κ3) is 6.17. The summed E-state index contributed by atoms with van der Waals surface area (Å²) >= 11 is 3.85. The van der Waals surface area contributed by atoms with Gasteiger partial charge in [0.05, 0.1) is 33.1 Å². The summed E-state index contributed by atoms with van der Waals surface area (Å²) in [5.74, 6) is 0. The molecule has 0 aliphatic rings. The summed E-state index contributed by atoms with van der Waals surface area (Å²) in [6, 6.07) is 100. The molecule has 0 saturated carbocycles. The number of hydrogen-bond acceptors (Lipinski definition) is 2. The van der Waals surface area contributed by atoms with Crippen molar-refractivity contribution in [3.63, 3.8) is 0 Å². The minimum absolute atomic E-state index is 1.20. The summed E-state index contributed by atoms with van der Waals surface area (Å²) in [5.41, 5.74) is 21.9. The van der Waals surface area contributed by atoms with Crippen LogP contribution in [0.5, 0.6) is 0 Å². The Bertz CT molecular complexity index is 5370. The summed E-state index contributed by atoms with van der Waals surface area (Å²) in [7, 11) is 0. The number of aromatic nitrogens is 2. The lowest BCUT2D eigenvalue weighted by Crippen LogP contribution is -1.87. The highest BCUT2D eigenvalue weighted by Crippen LogP contribution is 2.53. The molecule has 0 saturated heterocycles. The zero-order chi connectivity index (χ0) is 53.3. The Labute approximate surface area is 478 Å². The zero-order valence-corrected chi connectivity index (χ0v) is 45.7. The highest BCUT2D eigenvalue weighted by Gasteiger charge is 2.28. The Morgan fingerprint density at radius 3 is 0.915 bits per heavy atom. The second-order valence-corrected chi connectivity index (χ2v) is 24.4. The molecule has 6 aromatic heterocycles. The first kappa shape index (κ1) is 44.7. The molecule has 19 rings (SSSR count). The Morgan fingerprint density at radius 2 is 0.537 bits per heavy atom. The first-order chi connectivity index (χ1) is 40.7. The van der Waals surface area contributed by atoms with Crippen molar-refractivity contribution in [2.75, 3.05) is 0 Å². The molecule has 0 atom stereocenters. The average Bonchev–Trinajstić information content (AvgIpc) is 4.57. The minimum atomic E-state index is 1.20. The second-order valence-electron chi connectivity index (χ2n) is 22.3. The molecule has 6 heterocycles. The molecule has 378 valence electrons. The Hall–Kier alpha value is -10.1. The van der Waals surface area contributed by atoms with Crippen LogP contribution in [0.1, 0.15) is 0 Å². The van der Waals surface area contributed by atoms with Crippen molar-refractivity contribution in [3.8, 4) is 66.8 Å². The lowest BCUT2D eigenvalue weighted by atomic mass is 9.90. The molecule has 2 nitrogen and oxygen atoms in total. The van der Waals surface area contributed by atoms with Gasteiger partial charge in [-0.05, 0) is 140 Å². The first-order valence-corrected chi connectivity index (χ1v) is 29.9. The molecule has 0 fully saturated rings. The fourth-order valence-electron chi connectivity index (χ4n) is 14.4. The van der Waals surface area contributed by atoms with E-state index in [1.54, 1.807) is 0 Å². The van der Waals surface area contributed by atoms with E-state index >= 15 is 0 Å². The molecule has 0 N–H and O–H groups in total. The van der Waals surface area contributed by atoms with Crippen LogP contribution >= 0.6 is 22.7 Å². The van der Waals surface area contributed by atoms with Crippen LogP contribution in [0.3, 0.4) is 0 Å². The van der Waals surface area contributed by atoms with Crippen LogP contribution in [0.15, 0.2) is 267 Å². The van der Waals surface area contributed by atoms with E-state index in [1.807, 2.05) is 22.7 Å². The van der Waals surface area contributed by atoms with Crippen LogP contribution in [0.2, 0.25) is 0 Å². The van der Waals surface area contributed by atoms with Crippen molar-refractivity contribution in [1.82, 2.24) is 8.80 Å². The maximum Gasteiger partial charge on any atom is 0.0627 e. The van der Waals surface area contributed by atoms with E-state index in [0.29, 0.717) is 0 Å². The molecule has 13 aromatic carbocycles. The molecule has 0 radical (unpaired) electrons. The van der Waals surface area contributed by atoms with Gasteiger partial charge in [0, 0.05) is 83.4 Å². The fraction of sp³-hybridized carbons (Fsp3) is 0. The Kier molecular flexibility index (Phi) is 9.12. The van der Waals surface area contributed by atoms with E-state index in [9.17, 15) is 0 Å². The maximum atomic E-state index is 2.64. The molecule has 0 amide bonds. The second kappa shape index (κ2) is 16.7. The largest absolute Gasteiger partial charge is 0.308 e. The zero-order valence-electron chi connectivity index (χ0n) is 44.1. The van der Waals surface area contributed by atoms with Crippen LogP contribution in [0.4, 0.5) is 0 Å². The van der Waals surface area contributed by atoms with Crippen LogP contribution < -0.4 is 0 Å². The van der Waals surface area contributed by atoms with E-state index in [2.05, 4.69) is 276 Å². The highest BCUT2D eigenvalue weighted by atomic mass is 32.1. The first-order valence-electron chi connectivity index (χ1n) is 28.2. The van der Waals surface area contributed by atoms with Crippen LogP contribution in [0, 0.1) is 0 Å². The van der Waals surface area contributed by atoms with Gasteiger partial charge >= 0.3 is 0 Å². The quantitative estimate of drug-likeness (QED) is 0.157. The molecule has 0 aliphatic carbocycles. The van der Waals surface area contributed by atoms with Gasteiger partial charge in [0.1, 0.15) is 0 Å². The Morgan fingerprint density at radius 1 is 0.207 bits per heavy atom. The summed E-state index contributed by atoms with van der Waals surface area (Å²) in [6.07, 6.45) is 0. The smallest absolute Gasteiger partial charge is 0.0627 e. The van der Waals surface area contributed by atoms with Gasteiger partial charge < -0.3 is 8.80 Å². The van der Waals surface area contributed by atoms with Crippen molar-refractivity contribution < 1.29 is 0 Å². The van der Waals surface area contributed by atoms with Crippen LogP contribution in [-0.2, 0) is 0 Å². The van der Waals surface area contributed by atoms with Crippen molar-refractivity contribution in [1.29, 1.82) is 0 Å². The van der Waals surface area contributed by atoms with Crippen molar-refractivity contribution in [2.45, 2.75) is 0 Å². The van der Waals surface area contributed by atoms with E-state index in [-0.39, 0.29) is 0 Å². The maximum absolute atomic E-state index is 2.64. The highest BCUT2D eigenvalue weighted by molar-refractivity contribution is 7.27. The monoisotopic (exact) mass is 1070 g/mol. The van der Waals surface area contributed by atoms with E-state index in [0.717, 1.165) is 0 Å². The lowest BCUT2D eigenvalue weighted by Gasteiger charge is -2.13. The normalized spacial score (nSPS) is 12.4. The molecule has 0 aliphatic heterocycles. The van der Waals surface area contributed by atoms with Gasteiger partial charge in [-0.1, -0.05) is 194 Å². The van der Waals surface area contributed by atoms with Gasteiger partial charge in [0.25, 0.3) is 0 Å². The van der Waals surface area contributed by atoms with Gasteiger partial charge in [0.2, 0.25) is 0 Å². The lowest BCUT2D eigenvalue weighted by molar-refractivity contribution is 1.36. The van der Waals surface area contributed by atoms with Crippen molar-refractivity contribution in [3.05, 3.63) is 267 Å². The number of hydrogen-bond donors (Lipinski definition) is 0. The Balaban J connectivity index is 0.990. The van der Waals surface area contributed by atoms with Crippen LogP contribution in [0.25, 0.3) is 183 Å². The SMILES string of the molecule is c1ccc(-c2cc(-c3ccccc3)cc(-c3ccc4c5c6sc7ccccc7c6ccc5n5c6cc7c8c(-c9cc(-c%10ccccc%10)cc(-c%10ccccc%10)c9)ccc9c%10c%11sc%12ccccc%12c%11ccc%10n(c7cc6c3c45)c98)c2)cc1. The van der Waals surface area contributed by atoms with E-state index < -0.39 is 0 Å². The van der Waals surface area contributed by atoms with Crippen molar-refractivity contribution >= 4 is 139 Å². The molecule has 19 aromatic rings. The van der Waals surface area contributed by atoms with Gasteiger partial charge in [-0.2, -0.15) is 0 Å². The predicted molar refractivity (Wildman–Crippen MR) is 354 cm³/mol. The van der Waals surface area contributed by atoms with E-state index in [1.165, 1.54) is 183 Å². The topological polar surface area (TPSA) is 8.82 Å². The minimum Gasteiger partial charge on any atom is -0.308 e. The average molecular weight is 1070 g/mol. The van der Waals surface area contributed by atoms with Gasteiger partial charge in [-0.15, -0.1) is 22.7 Å². The number of nitrogens with zero attached hydrogens (tertiary/aromatic N) is 2. The molecule has 4 heteroatoms. The summed E-state index contributed by atoms with van der Waals surface area (Å²) < 4.78 is 10.6. The van der Waals surface area contributed by atoms with Crippen molar-refractivity contribution in [2.24, 2.45) is 0 Å². The molecular formula is C78H44N2S2. The predicted octanol–water partition coefficient (Wildman–Crippen LogP) is 22.7. The molecular weight excluding hydrogens is 1030 g/mol. The standard InChI is InChI=1S/C78H44N2S2/c1-5-17-45(18-6-1)49-37-50(46-19-7-2-8-20-46)40-53(39-49)55-29-31-61-73-65(35-33-59-57-25-13-15-27-69(57)81-77(59)73)79-67-44-64-68(43-63(67)71(55)75(61)79)80-66-36-34-60-58-26-14-16-28-70(58)82-78(60)74(66)62-32-30-56(72(64)76(62)80)54-41-51(47-21-9-3-10-22-47)38-52(42-54)48-23-11-4-12-24-48/h1-44H. The number of benzene rings is 13. The third-order valence-electron chi connectivity index (χ3n) is 17.9. The number of thiophene rings is 2. The van der Waals surface area contributed by atoms with Gasteiger partial charge in [-0.3, -0.25) is 0 Å². The molecule has 82 heavy (non-hydrogen) atoms. The van der Waals surface area contributed by atoms with E-state index in [4.69, 9.17) is 0 Å². The summed E-state index contributed by atoms with van der Waals surface area (Å²) in [5, 5.41) is 15.6. The van der Waals surface area contributed by atoms with Gasteiger partial charge in [-0.25, -0.2) is 0 Å². The summed E-state index contributed by atoms with van der Waals surface area (Å²) in [4.78, 5) is 0. The molecule has 0 bridgehead atoms. The molecule has 0 spiro atoms. The fourth-order valence-corrected chi connectivity index (χ4v) is 16.9. The third-order valence-corrected chi connectivity index (χ3v) is 20.3. The van der Waals surface area contributed by atoms with Gasteiger partial charge in [0.15, 0.2) is 0 Å². The molecule has 0 unspecified atom stereocenters. The van der Waals surface area contributed by atoms with Crippen LogP contribution in [-0.4, -0.2) is 8.80 Å². The summed E-state index contributed by atoms with van der Waals surface area (Å²) in [6.45, 7) is 0. The number of rotatable bonds is 6.